The predicted octanol–water partition coefficient (Wildman–Crippen LogP) is 5.42. The molecule has 3 heteroatoms. The number of nitrogens with one attached hydrogen (secondary N) is 1. The number of amides is 1. The van der Waals surface area contributed by atoms with Crippen molar-refractivity contribution in [3.63, 3.8) is 0 Å². The molecule has 1 atom stereocenters. The summed E-state index contributed by atoms with van der Waals surface area (Å²) in [5, 5.41) is 3.64. The molecule has 1 aliphatic rings. The van der Waals surface area contributed by atoms with Crippen LogP contribution in [-0.2, 0) is 6.42 Å². The van der Waals surface area contributed by atoms with Crippen molar-refractivity contribution >= 4 is 11.6 Å². The van der Waals surface area contributed by atoms with Gasteiger partial charge in [0.25, 0.3) is 5.91 Å². The summed E-state index contributed by atoms with van der Waals surface area (Å²) in [4.78, 5) is 15.4. The van der Waals surface area contributed by atoms with Crippen molar-refractivity contribution in [3.8, 4) is 0 Å². The van der Waals surface area contributed by atoms with Gasteiger partial charge in [0.05, 0.1) is 5.56 Å². The van der Waals surface area contributed by atoms with E-state index in [9.17, 15) is 4.79 Å². The number of anilines is 1. The predicted molar refractivity (Wildman–Crippen MR) is 115 cm³/mol. The monoisotopic (exact) mass is 370 g/mol. The molecule has 0 bridgehead atoms. The average molecular weight is 370 g/mol. The van der Waals surface area contributed by atoms with Crippen molar-refractivity contribution in [1.82, 2.24) is 4.90 Å². The first kappa shape index (κ1) is 18.3. The van der Waals surface area contributed by atoms with Crippen LogP contribution < -0.4 is 5.32 Å². The molecule has 0 spiro atoms. The lowest BCUT2D eigenvalue weighted by Crippen LogP contribution is -2.44. The van der Waals surface area contributed by atoms with Crippen LogP contribution in [0.2, 0.25) is 0 Å². The molecule has 1 aliphatic heterocycles. The van der Waals surface area contributed by atoms with Gasteiger partial charge in [-0.1, -0.05) is 60.2 Å². The summed E-state index contributed by atoms with van der Waals surface area (Å²) < 4.78 is 0. The number of hydrogen-bond donors (Lipinski definition) is 1. The largest absolute Gasteiger partial charge is 0.361 e. The zero-order valence-electron chi connectivity index (χ0n) is 16.7. The maximum Gasteiger partial charge on any atom is 0.257 e. The second-order valence-corrected chi connectivity index (χ2v) is 7.64. The number of carbonyl (C=O) groups is 1. The molecule has 0 aliphatic carbocycles. The van der Waals surface area contributed by atoms with Crippen LogP contribution in [0.4, 0.5) is 5.69 Å². The fourth-order valence-corrected chi connectivity index (χ4v) is 4.27. The molecule has 0 saturated heterocycles. The quantitative estimate of drug-likeness (QED) is 0.665. The summed E-state index contributed by atoms with van der Waals surface area (Å²) in [7, 11) is 0. The minimum absolute atomic E-state index is 0.0923. The summed E-state index contributed by atoms with van der Waals surface area (Å²) in [5.74, 6) is 0.0923. The zero-order valence-corrected chi connectivity index (χ0v) is 16.7. The Morgan fingerprint density at radius 2 is 1.54 bits per heavy atom. The molecule has 0 aromatic heterocycles. The lowest BCUT2D eigenvalue weighted by atomic mass is 9.94. The summed E-state index contributed by atoms with van der Waals surface area (Å²) in [6.07, 6.45) is 0.670. The highest BCUT2D eigenvalue weighted by atomic mass is 16.2. The third-order valence-electron chi connectivity index (χ3n) is 5.52. The number of carbonyl (C=O) groups excluding carboxylic acids is 1. The van der Waals surface area contributed by atoms with Gasteiger partial charge in [-0.05, 0) is 56.0 Å². The summed E-state index contributed by atoms with van der Waals surface area (Å²) in [6, 6.07) is 22.6. The van der Waals surface area contributed by atoms with Crippen molar-refractivity contribution in [2.24, 2.45) is 0 Å². The Hall–Kier alpha value is -3.07. The Morgan fingerprint density at radius 3 is 2.25 bits per heavy atom. The molecule has 0 radical (unpaired) electrons. The minimum atomic E-state index is -0.160. The van der Waals surface area contributed by atoms with E-state index in [4.69, 9.17) is 0 Å². The van der Waals surface area contributed by atoms with Crippen LogP contribution in [0.5, 0.6) is 0 Å². The molecule has 1 heterocycles. The van der Waals surface area contributed by atoms with E-state index in [1.54, 1.807) is 0 Å². The molecule has 3 aromatic rings. The number of rotatable bonds is 4. The number of hydrogen-bond acceptors (Lipinski definition) is 2. The van der Waals surface area contributed by atoms with Crippen LogP contribution in [0.25, 0.3) is 0 Å². The molecule has 1 unspecified atom stereocenters. The maximum absolute atomic E-state index is 13.4. The number of para-hydroxylation sites is 1. The lowest BCUT2D eigenvalue weighted by molar-refractivity contribution is 0.0685. The third-order valence-corrected chi connectivity index (χ3v) is 5.52. The SMILES string of the molecule is Cc1cc(C)c(C2Nc3ccccc3C(=O)N2CCc2ccccc2)c(C)c1. The molecule has 1 amide bonds. The van der Waals surface area contributed by atoms with E-state index in [0.29, 0.717) is 6.54 Å². The van der Waals surface area contributed by atoms with Crippen molar-refractivity contribution in [3.05, 3.63) is 100 Å². The van der Waals surface area contributed by atoms with Crippen LogP contribution in [-0.4, -0.2) is 17.4 Å². The van der Waals surface area contributed by atoms with E-state index >= 15 is 0 Å². The summed E-state index contributed by atoms with van der Waals surface area (Å²) in [6.45, 7) is 7.06. The molecule has 1 N–H and O–H groups in total. The van der Waals surface area contributed by atoms with Gasteiger partial charge in [-0.25, -0.2) is 0 Å². The van der Waals surface area contributed by atoms with E-state index in [0.717, 1.165) is 17.7 Å². The molecule has 0 saturated carbocycles. The molecule has 28 heavy (non-hydrogen) atoms. The third kappa shape index (κ3) is 3.40. The molecule has 3 nitrogen and oxygen atoms in total. The molecule has 0 fully saturated rings. The minimum Gasteiger partial charge on any atom is -0.361 e. The highest BCUT2D eigenvalue weighted by Gasteiger charge is 2.34. The average Bonchev–Trinajstić information content (AvgIpc) is 2.68. The van der Waals surface area contributed by atoms with Crippen molar-refractivity contribution in [1.29, 1.82) is 0 Å². The summed E-state index contributed by atoms with van der Waals surface area (Å²) >= 11 is 0. The van der Waals surface area contributed by atoms with Gasteiger partial charge >= 0.3 is 0 Å². The fourth-order valence-electron chi connectivity index (χ4n) is 4.27. The Bertz CT molecular complexity index is 987. The Balaban J connectivity index is 1.74. The molecular weight excluding hydrogens is 344 g/mol. The van der Waals surface area contributed by atoms with Gasteiger partial charge in [0.1, 0.15) is 6.17 Å². The van der Waals surface area contributed by atoms with Crippen LogP contribution in [0.1, 0.15) is 44.3 Å². The first-order valence-electron chi connectivity index (χ1n) is 9.83. The standard InChI is InChI=1S/C25H26N2O/c1-17-15-18(2)23(19(3)16-17)24-26-22-12-8-7-11-21(22)25(28)27(24)14-13-20-9-5-4-6-10-20/h4-12,15-16,24,26H,13-14H2,1-3H3. The number of fused-ring (bicyclic) bond motifs is 1. The second kappa shape index (κ2) is 7.51. The van der Waals surface area contributed by atoms with Crippen molar-refractivity contribution < 1.29 is 4.79 Å². The van der Waals surface area contributed by atoms with Gasteiger partial charge in [-0.15, -0.1) is 0 Å². The lowest BCUT2D eigenvalue weighted by Gasteiger charge is -2.39. The van der Waals surface area contributed by atoms with Gasteiger partial charge in [-0.2, -0.15) is 0 Å². The highest BCUT2D eigenvalue weighted by molar-refractivity contribution is 6.01. The van der Waals surface area contributed by atoms with E-state index < -0.39 is 0 Å². The smallest absolute Gasteiger partial charge is 0.257 e. The van der Waals surface area contributed by atoms with Crippen LogP contribution in [0, 0.1) is 20.8 Å². The Labute approximate surface area is 167 Å². The van der Waals surface area contributed by atoms with E-state index in [2.05, 4.69) is 50.4 Å². The van der Waals surface area contributed by atoms with E-state index in [1.165, 1.54) is 27.8 Å². The van der Waals surface area contributed by atoms with Crippen molar-refractivity contribution in [2.45, 2.75) is 33.4 Å². The topological polar surface area (TPSA) is 32.3 Å². The number of benzene rings is 3. The molecule has 3 aromatic carbocycles. The fraction of sp³-hybridized carbons (Fsp3) is 0.240. The van der Waals surface area contributed by atoms with Crippen LogP contribution >= 0.6 is 0 Å². The van der Waals surface area contributed by atoms with Crippen LogP contribution in [0.3, 0.4) is 0 Å². The summed E-state index contributed by atoms with van der Waals surface area (Å²) in [5.41, 5.74) is 7.77. The Morgan fingerprint density at radius 1 is 0.893 bits per heavy atom. The van der Waals surface area contributed by atoms with E-state index in [-0.39, 0.29) is 12.1 Å². The maximum atomic E-state index is 13.4. The molecular formula is C25H26N2O. The highest BCUT2D eigenvalue weighted by Crippen LogP contribution is 2.36. The van der Waals surface area contributed by atoms with Gasteiger partial charge in [0, 0.05) is 17.8 Å². The number of nitrogens with zero attached hydrogens (tertiary/aromatic N) is 1. The first-order valence-corrected chi connectivity index (χ1v) is 9.83. The molecule has 142 valence electrons. The molecule has 4 rings (SSSR count). The van der Waals surface area contributed by atoms with Gasteiger partial charge in [-0.3, -0.25) is 4.79 Å². The second-order valence-electron chi connectivity index (χ2n) is 7.64. The zero-order chi connectivity index (χ0) is 19.7. The van der Waals surface area contributed by atoms with Crippen LogP contribution in [0.15, 0.2) is 66.7 Å². The normalized spacial score (nSPS) is 15.9. The van der Waals surface area contributed by atoms with Gasteiger partial charge in [0.2, 0.25) is 0 Å². The number of aryl methyl sites for hydroxylation is 3. The first-order chi connectivity index (χ1) is 13.5. The Kier molecular flexibility index (Phi) is 4.91. The van der Waals surface area contributed by atoms with Gasteiger partial charge in [0.15, 0.2) is 0 Å². The van der Waals surface area contributed by atoms with Crippen molar-refractivity contribution in [2.75, 3.05) is 11.9 Å². The van der Waals surface area contributed by atoms with E-state index in [1.807, 2.05) is 47.4 Å². The van der Waals surface area contributed by atoms with Gasteiger partial charge < -0.3 is 10.2 Å².